The van der Waals surface area contributed by atoms with Gasteiger partial charge in [0, 0.05) is 5.69 Å². The fourth-order valence-electron chi connectivity index (χ4n) is 2.53. The lowest BCUT2D eigenvalue weighted by Gasteiger charge is -2.08. The Hall–Kier alpha value is -4.21. The molecule has 0 radical (unpaired) electrons. The molecule has 0 aliphatic rings. The summed E-state index contributed by atoms with van der Waals surface area (Å²) < 4.78 is 10.3. The van der Waals surface area contributed by atoms with E-state index in [1.165, 1.54) is 32.4 Å². The molecule has 1 heterocycles. The Bertz CT molecular complexity index is 1100. The summed E-state index contributed by atoms with van der Waals surface area (Å²) in [5, 5.41) is 6.47. The number of methoxy groups -OCH3 is 2. The number of ether oxygens (including phenoxy) is 2. The van der Waals surface area contributed by atoms with E-state index in [0.717, 1.165) is 4.68 Å². The largest absolute Gasteiger partial charge is 0.465 e. The van der Waals surface area contributed by atoms with Gasteiger partial charge < -0.3 is 14.8 Å². The minimum absolute atomic E-state index is 0.0361. The van der Waals surface area contributed by atoms with Gasteiger partial charge in [0.1, 0.15) is 0 Å². The number of para-hydroxylation sites is 1. The molecule has 2 aromatic carbocycles. The third kappa shape index (κ3) is 4.21. The molecule has 0 saturated carbocycles. The number of H-pyrrole nitrogens is 1. The van der Waals surface area contributed by atoms with Crippen LogP contribution in [0.1, 0.15) is 31.3 Å². The van der Waals surface area contributed by atoms with Gasteiger partial charge in [0.15, 0.2) is 0 Å². The van der Waals surface area contributed by atoms with E-state index < -0.39 is 23.5 Å². The van der Waals surface area contributed by atoms with E-state index in [0.29, 0.717) is 5.69 Å². The summed E-state index contributed by atoms with van der Waals surface area (Å²) in [4.78, 5) is 50.7. The molecule has 2 N–H and O–H groups in total. The highest BCUT2D eigenvalue weighted by atomic mass is 16.5. The van der Waals surface area contributed by atoms with Crippen molar-refractivity contribution in [3.63, 3.8) is 0 Å². The van der Waals surface area contributed by atoms with Crippen LogP contribution in [0.2, 0.25) is 0 Å². The highest BCUT2D eigenvalue weighted by Gasteiger charge is 2.18. The van der Waals surface area contributed by atoms with E-state index in [1.807, 2.05) is 0 Å². The molecule has 0 aliphatic heterocycles. The number of carbonyl (C=O) groups excluding carboxylic acids is 3. The van der Waals surface area contributed by atoms with Crippen LogP contribution in [-0.2, 0) is 9.47 Å². The molecule has 3 rings (SSSR count). The minimum atomic E-state index is -0.741. The fourth-order valence-corrected chi connectivity index (χ4v) is 2.53. The highest BCUT2D eigenvalue weighted by Crippen LogP contribution is 2.17. The summed E-state index contributed by atoms with van der Waals surface area (Å²) in [5.74, 6) is -2.39. The van der Waals surface area contributed by atoms with Gasteiger partial charge in [-0.2, -0.15) is 4.68 Å². The predicted molar refractivity (Wildman–Crippen MR) is 101 cm³/mol. The molecule has 0 bridgehead atoms. The second-order valence-electron chi connectivity index (χ2n) is 5.76. The quantitative estimate of drug-likeness (QED) is 0.623. The monoisotopic (exact) mass is 396 g/mol. The number of anilines is 1. The topological polar surface area (TPSA) is 132 Å². The van der Waals surface area contributed by atoms with E-state index in [9.17, 15) is 19.2 Å². The van der Waals surface area contributed by atoms with Gasteiger partial charge in [-0.25, -0.2) is 14.4 Å². The number of rotatable bonds is 5. The van der Waals surface area contributed by atoms with Crippen LogP contribution in [0.15, 0.2) is 53.3 Å². The Balaban J connectivity index is 1.92. The van der Waals surface area contributed by atoms with E-state index in [-0.39, 0.29) is 22.6 Å². The third-order valence-electron chi connectivity index (χ3n) is 3.87. The fraction of sp³-hybridized carbons (Fsp3) is 0.105. The number of esters is 2. The van der Waals surface area contributed by atoms with E-state index in [1.54, 1.807) is 30.3 Å². The molecule has 0 fully saturated rings. The number of nitrogens with one attached hydrogen (secondary N) is 2. The van der Waals surface area contributed by atoms with E-state index in [2.05, 4.69) is 24.9 Å². The van der Waals surface area contributed by atoms with E-state index >= 15 is 0 Å². The predicted octanol–water partition coefficient (Wildman–Crippen LogP) is 1.39. The molecule has 0 saturated heterocycles. The molecule has 10 heteroatoms. The molecule has 0 atom stereocenters. The lowest BCUT2D eigenvalue weighted by Crippen LogP contribution is -2.16. The SMILES string of the molecule is COC(=O)c1cc(NC(=O)c2nn(-c3ccccc3)c(=O)[nH]2)cc(C(=O)OC)c1. The lowest BCUT2D eigenvalue weighted by molar-refractivity contribution is 0.0599. The lowest BCUT2D eigenvalue weighted by atomic mass is 10.1. The number of benzene rings is 2. The number of aromatic amines is 1. The summed E-state index contributed by atoms with van der Waals surface area (Å²) in [7, 11) is 2.37. The standard InChI is InChI=1S/C19H16N4O6/c1-28-17(25)11-8-12(18(26)29-2)10-13(9-11)20-16(24)15-21-19(27)23(22-15)14-6-4-3-5-7-14/h3-10H,1-2H3,(H,20,24)(H,21,22,27). The molecular weight excluding hydrogens is 380 g/mol. The number of hydrogen-bond donors (Lipinski definition) is 2. The summed E-state index contributed by atoms with van der Waals surface area (Å²) in [6, 6.07) is 12.5. The first kappa shape index (κ1) is 19.5. The first-order valence-corrected chi connectivity index (χ1v) is 8.30. The van der Waals surface area contributed by atoms with Crippen molar-refractivity contribution in [2.24, 2.45) is 0 Å². The smallest absolute Gasteiger partial charge is 0.348 e. The summed E-state index contributed by atoms with van der Waals surface area (Å²) in [6.45, 7) is 0. The molecule has 148 valence electrons. The van der Waals surface area contributed by atoms with Crippen LogP contribution in [0.25, 0.3) is 5.69 Å². The maximum absolute atomic E-state index is 12.5. The molecule has 29 heavy (non-hydrogen) atoms. The Morgan fingerprint density at radius 2 is 1.55 bits per heavy atom. The van der Waals surface area contributed by atoms with Crippen LogP contribution in [0.3, 0.4) is 0 Å². The summed E-state index contributed by atoms with van der Waals surface area (Å²) >= 11 is 0. The van der Waals surface area contributed by atoms with Gasteiger partial charge in [-0.05, 0) is 30.3 Å². The van der Waals surface area contributed by atoms with E-state index in [4.69, 9.17) is 0 Å². The van der Waals surface area contributed by atoms with Crippen LogP contribution in [0.5, 0.6) is 0 Å². The first-order valence-electron chi connectivity index (χ1n) is 8.30. The van der Waals surface area contributed by atoms with Gasteiger partial charge in [-0.15, -0.1) is 5.10 Å². The van der Waals surface area contributed by atoms with Gasteiger partial charge in [0.25, 0.3) is 5.91 Å². The Labute approximate surface area is 164 Å². The zero-order chi connectivity index (χ0) is 21.0. The van der Waals surface area contributed by atoms with Crippen LogP contribution in [0, 0.1) is 0 Å². The Morgan fingerprint density at radius 1 is 0.966 bits per heavy atom. The van der Waals surface area contributed by atoms with Crippen LogP contribution in [-0.4, -0.2) is 46.8 Å². The highest BCUT2D eigenvalue weighted by molar-refractivity contribution is 6.04. The molecule has 3 aromatic rings. The average Bonchev–Trinajstić information content (AvgIpc) is 3.14. The zero-order valence-corrected chi connectivity index (χ0v) is 15.5. The molecule has 10 nitrogen and oxygen atoms in total. The molecule has 0 unspecified atom stereocenters. The number of nitrogens with zero attached hydrogens (tertiary/aromatic N) is 2. The Morgan fingerprint density at radius 3 is 2.10 bits per heavy atom. The summed E-state index contributed by atoms with van der Waals surface area (Å²) in [5.41, 5.74) is 0.0739. The molecule has 0 aliphatic carbocycles. The number of amides is 1. The molecule has 1 amide bonds. The van der Waals surface area contributed by atoms with Gasteiger partial charge in [-0.3, -0.25) is 9.78 Å². The van der Waals surface area contributed by atoms with Crippen molar-refractivity contribution in [2.75, 3.05) is 19.5 Å². The van der Waals surface area contributed by atoms with Crippen molar-refractivity contribution in [1.82, 2.24) is 14.8 Å². The van der Waals surface area contributed by atoms with Gasteiger partial charge in [0.05, 0.1) is 31.0 Å². The number of carbonyl (C=O) groups is 3. The van der Waals surface area contributed by atoms with Crippen molar-refractivity contribution in [3.8, 4) is 5.69 Å². The van der Waals surface area contributed by atoms with Crippen LogP contribution >= 0.6 is 0 Å². The minimum Gasteiger partial charge on any atom is -0.465 e. The maximum atomic E-state index is 12.5. The normalized spacial score (nSPS) is 10.3. The van der Waals surface area contributed by atoms with Crippen molar-refractivity contribution < 1.29 is 23.9 Å². The second-order valence-corrected chi connectivity index (χ2v) is 5.76. The number of hydrogen-bond acceptors (Lipinski definition) is 7. The second kappa shape index (κ2) is 8.21. The van der Waals surface area contributed by atoms with Crippen molar-refractivity contribution in [3.05, 3.63) is 76.0 Å². The van der Waals surface area contributed by atoms with Crippen LogP contribution < -0.4 is 11.0 Å². The number of aromatic nitrogens is 3. The zero-order valence-electron chi connectivity index (χ0n) is 15.5. The molecule has 1 aromatic heterocycles. The van der Waals surface area contributed by atoms with Gasteiger partial charge in [-0.1, -0.05) is 18.2 Å². The third-order valence-corrected chi connectivity index (χ3v) is 3.87. The van der Waals surface area contributed by atoms with Crippen molar-refractivity contribution >= 4 is 23.5 Å². The van der Waals surface area contributed by atoms with Crippen molar-refractivity contribution in [1.29, 1.82) is 0 Å². The van der Waals surface area contributed by atoms with Gasteiger partial charge >= 0.3 is 17.6 Å². The molecule has 0 spiro atoms. The average molecular weight is 396 g/mol. The van der Waals surface area contributed by atoms with Crippen LogP contribution in [0.4, 0.5) is 5.69 Å². The molecular formula is C19H16N4O6. The van der Waals surface area contributed by atoms with Gasteiger partial charge in [0.2, 0.25) is 5.82 Å². The maximum Gasteiger partial charge on any atom is 0.348 e. The Kier molecular flexibility index (Phi) is 5.54. The summed E-state index contributed by atoms with van der Waals surface area (Å²) in [6.07, 6.45) is 0. The van der Waals surface area contributed by atoms with Crippen molar-refractivity contribution in [2.45, 2.75) is 0 Å². The first-order chi connectivity index (χ1) is 13.9.